The highest BCUT2D eigenvalue weighted by Gasteiger charge is 2.18. The van der Waals surface area contributed by atoms with Crippen molar-refractivity contribution in [2.24, 2.45) is 7.05 Å². The molecule has 0 aliphatic rings. The molecule has 0 aliphatic carbocycles. The Kier molecular flexibility index (Phi) is 4.37. The molecule has 0 saturated heterocycles. The summed E-state index contributed by atoms with van der Waals surface area (Å²) in [5.41, 5.74) is 7.43. The number of aromatic nitrogens is 2. The Labute approximate surface area is 102 Å². The van der Waals surface area contributed by atoms with E-state index >= 15 is 0 Å². The molecule has 1 aromatic heterocycles. The van der Waals surface area contributed by atoms with Crippen LogP contribution in [0, 0.1) is 6.92 Å². The lowest BCUT2D eigenvalue weighted by molar-refractivity contribution is -0.119. The van der Waals surface area contributed by atoms with E-state index in [0.717, 1.165) is 24.5 Å². The Balaban J connectivity index is 3.00. The van der Waals surface area contributed by atoms with Crippen molar-refractivity contribution < 1.29 is 4.79 Å². The fourth-order valence-electron chi connectivity index (χ4n) is 1.82. The summed E-state index contributed by atoms with van der Waals surface area (Å²) in [6, 6.07) is 0. The number of rotatable bonds is 5. The number of likely N-dealkylation sites (N-methyl/N-ethyl adjacent to an activating group) is 1. The summed E-state index contributed by atoms with van der Waals surface area (Å²) in [7, 11) is 3.47. The normalized spacial score (nSPS) is 10.4. The third kappa shape index (κ3) is 2.89. The van der Waals surface area contributed by atoms with Gasteiger partial charge in [-0.05, 0) is 13.3 Å². The van der Waals surface area contributed by atoms with Gasteiger partial charge < -0.3 is 16.0 Å². The Morgan fingerprint density at radius 3 is 2.65 bits per heavy atom. The zero-order valence-corrected chi connectivity index (χ0v) is 10.9. The van der Waals surface area contributed by atoms with E-state index in [2.05, 4.69) is 17.3 Å². The van der Waals surface area contributed by atoms with Gasteiger partial charge in [-0.2, -0.15) is 5.10 Å². The van der Waals surface area contributed by atoms with Crippen molar-refractivity contribution in [3.63, 3.8) is 0 Å². The van der Waals surface area contributed by atoms with E-state index in [4.69, 9.17) is 5.73 Å². The average molecular weight is 239 g/mol. The van der Waals surface area contributed by atoms with Crippen molar-refractivity contribution >= 4 is 17.4 Å². The highest BCUT2D eigenvalue weighted by molar-refractivity contribution is 5.82. The van der Waals surface area contributed by atoms with Crippen molar-refractivity contribution in [1.29, 1.82) is 0 Å². The fraction of sp³-hybridized carbons (Fsp3) is 0.636. The molecule has 0 bridgehead atoms. The lowest BCUT2D eigenvalue weighted by atomic mass is 10.3. The Morgan fingerprint density at radius 2 is 2.24 bits per heavy atom. The summed E-state index contributed by atoms with van der Waals surface area (Å²) in [5.74, 6) is 0.782. The van der Waals surface area contributed by atoms with Crippen LogP contribution in [0.1, 0.15) is 19.0 Å². The number of carbonyl (C=O) groups is 1. The fourth-order valence-corrected chi connectivity index (χ4v) is 1.82. The number of hydrogen-bond donors (Lipinski definition) is 2. The van der Waals surface area contributed by atoms with Gasteiger partial charge in [0, 0.05) is 20.6 Å². The molecule has 96 valence electrons. The summed E-state index contributed by atoms with van der Waals surface area (Å²) < 4.78 is 1.73. The molecule has 3 N–H and O–H groups in total. The molecule has 0 atom stereocenters. The number of nitrogens with one attached hydrogen (secondary N) is 1. The van der Waals surface area contributed by atoms with Crippen LogP contribution in [0.15, 0.2) is 0 Å². The van der Waals surface area contributed by atoms with Crippen LogP contribution in [-0.4, -0.2) is 35.8 Å². The molecule has 0 spiro atoms. The number of nitrogens with two attached hydrogens (primary N) is 1. The zero-order valence-electron chi connectivity index (χ0n) is 10.9. The van der Waals surface area contributed by atoms with Gasteiger partial charge >= 0.3 is 0 Å². The van der Waals surface area contributed by atoms with Crippen molar-refractivity contribution in [2.75, 3.05) is 30.8 Å². The predicted octanol–water partition coefficient (Wildman–Crippen LogP) is 0.273. The molecule has 0 radical (unpaired) electrons. The summed E-state index contributed by atoms with van der Waals surface area (Å²) in [4.78, 5) is 13.4. The van der Waals surface area contributed by atoms with Crippen molar-refractivity contribution in [3.8, 4) is 0 Å². The van der Waals surface area contributed by atoms with Crippen LogP contribution in [-0.2, 0) is 11.8 Å². The van der Waals surface area contributed by atoms with Crippen molar-refractivity contribution in [1.82, 2.24) is 15.1 Å². The molecule has 1 aromatic rings. The first-order valence-electron chi connectivity index (χ1n) is 5.75. The van der Waals surface area contributed by atoms with Crippen LogP contribution in [0.25, 0.3) is 0 Å². The van der Waals surface area contributed by atoms with Gasteiger partial charge in [0.25, 0.3) is 0 Å². The highest BCUT2D eigenvalue weighted by Crippen LogP contribution is 2.25. The number of amides is 1. The SMILES string of the molecule is CCCN(CC(=O)NC)c1c(N)c(C)nn1C. The average Bonchev–Trinajstić information content (AvgIpc) is 2.52. The number of nitrogen functional groups attached to an aromatic ring is 1. The molecular formula is C11H21N5O. The lowest BCUT2D eigenvalue weighted by Crippen LogP contribution is -2.37. The summed E-state index contributed by atoms with van der Waals surface area (Å²) in [5, 5.41) is 6.88. The molecule has 1 rings (SSSR count). The Bertz CT molecular complexity index is 399. The van der Waals surface area contributed by atoms with Crippen LogP contribution >= 0.6 is 0 Å². The van der Waals surface area contributed by atoms with E-state index in [1.165, 1.54) is 0 Å². The Hall–Kier alpha value is -1.72. The second-order valence-electron chi connectivity index (χ2n) is 4.04. The maximum atomic E-state index is 11.5. The standard InChI is InChI=1S/C11H21N5O/c1-5-6-16(7-9(17)13-3)11-10(12)8(2)14-15(11)4/h5-7,12H2,1-4H3,(H,13,17). The van der Waals surface area contributed by atoms with Crippen LogP contribution in [0.5, 0.6) is 0 Å². The minimum absolute atomic E-state index is 0.0308. The quantitative estimate of drug-likeness (QED) is 0.773. The number of hydrogen-bond acceptors (Lipinski definition) is 4. The van der Waals surface area contributed by atoms with E-state index < -0.39 is 0 Å². The van der Waals surface area contributed by atoms with Gasteiger partial charge in [0.15, 0.2) is 5.82 Å². The van der Waals surface area contributed by atoms with E-state index in [1.54, 1.807) is 11.7 Å². The van der Waals surface area contributed by atoms with Crippen molar-refractivity contribution in [2.45, 2.75) is 20.3 Å². The maximum absolute atomic E-state index is 11.5. The third-order valence-corrected chi connectivity index (χ3v) is 2.64. The lowest BCUT2D eigenvalue weighted by Gasteiger charge is -2.23. The smallest absolute Gasteiger partial charge is 0.239 e. The highest BCUT2D eigenvalue weighted by atomic mass is 16.1. The van der Waals surface area contributed by atoms with Gasteiger partial charge in [-0.25, -0.2) is 0 Å². The topological polar surface area (TPSA) is 76.2 Å². The van der Waals surface area contributed by atoms with Crippen LogP contribution in [0.4, 0.5) is 11.5 Å². The summed E-state index contributed by atoms with van der Waals surface area (Å²) >= 11 is 0. The first kappa shape index (κ1) is 13.3. The molecular weight excluding hydrogens is 218 g/mol. The van der Waals surface area contributed by atoms with Crippen molar-refractivity contribution in [3.05, 3.63) is 5.69 Å². The van der Waals surface area contributed by atoms with Crippen LogP contribution in [0.2, 0.25) is 0 Å². The van der Waals surface area contributed by atoms with Gasteiger partial charge in [0.05, 0.1) is 17.9 Å². The summed E-state index contributed by atoms with van der Waals surface area (Å²) in [6.45, 7) is 5.00. The molecule has 0 saturated carbocycles. The van der Waals surface area contributed by atoms with E-state index in [1.807, 2.05) is 18.9 Å². The molecule has 6 heteroatoms. The first-order valence-corrected chi connectivity index (χ1v) is 5.75. The van der Waals surface area contributed by atoms with Gasteiger partial charge in [-0.15, -0.1) is 0 Å². The van der Waals surface area contributed by atoms with E-state index in [9.17, 15) is 4.79 Å². The molecule has 0 fully saturated rings. The first-order chi connectivity index (χ1) is 8.01. The molecule has 17 heavy (non-hydrogen) atoms. The van der Waals surface area contributed by atoms with E-state index in [0.29, 0.717) is 12.2 Å². The second kappa shape index (κ2) is 5.56. The predicted molar refractivity (Wildman–Crippen MR) is 68.9 cm³/mol. The maximum Gasteiger partial charge on any atom is 0.239 e. The summed E-state index contributed by atoms with van der Waals surface area (Å²) in [6.07, 6.45) is 0.945. The molecule has 1 amide bonds. The number of anilines is 2. The Morgan fingerprint density at radius 1 is 1.59 bits per heavy atom. The van der Waals surface area contributed by atoms with Gasteiger partial charge in [-0.3, -0.25) is 9.48 Å². The number of aryl methyl sites for hydroxylation is 2. The largest absolute Gasteiger partial charge is 0.394 e. The minimum Gasteiger partial charge on any atom is -0.394 e. The monoisotopic (exact) mass is 239 g/mol. The van der Waals surface area contributed by atoms with Gasteiger partial charge in [0.1, 0.15) is 0 Å². The van der Waals surface area contributed by atoms with Crippen LogP contribution in [0.3, 0.4) is 0 Å². The van der Waals surface area contributed by atoms with Crippen LogP contribution < -0.4 is 16.0 Å². The van der Waals surface area contributed by atoms with Gasteiger partial charge in [0.2, 0.25) is 5.91 Å². The third-order valence-electron chi connectivity index (χ3n) is 2.64. The molecule has 0 aliphatic heterocycles. The number of nitrogens with zero attached hydrogens (tertiary/aromatic N) is 3. The molecule has 6 nitrogen and oxygen atoms in total. The molecule has 0 unspecified atom stereocenters. The van der Waals surface area contributed by atoms with Gasteiger partial charge in [-0.1, -0.05) is 6.92 Å². The second-order valence-corrected chi connectivity index (χ2v) is 4.04. The minimum atomic E-state index is -0.0308. The number of carbonyl (C=O) groups excluding carboxylic acids is 1. The van der Waals surface area contributed by atoms with E-state index in [-0.39, 0.29) is 5.91 Å². The molecule has 1 heterocycles. The molecule has 0 aromatic carbocycles. The zero-order chi connectivity index (χ0) is 13.0.